The molecule has 0 unspecified atom stereocenters. The summed E-state index contributed by atoms with van der Waals surface area (Å²) in [6, 6.07) is 11.1. The van der Waals surface area contributed by atoms with E-state index in [2.05, 4.69) is 35.6 Å². The molecule has 0 bridgehead atoms. The highest BCUT2D eigenvalue weighted by Crippen LogP contribution is 2.36. The van der Waals surface area contributed by atoms with Crippen molar-refractivity contribution in [2.45, 2.75) is 68.9 Å². The maximum Gasteiger partial charge on any atom is 0.317 e. The van der Waals surface area contributed by atoms with Crippen molar-refractivity contribution in [2.24, 2.45) is 0 Å². The average molecular weight is 342 g/mol. The number of nitrogens with one attached hydrogen (secondary N) is 1. The number of ether oxygens (including phenoxy) is 1. The van der Waals surface area contributed by atoms with E-state index < -0.39 is 0 Å². The Morgan fingerprint density at radius 2 is 1.80 bits per heavy atom. The van der Waals surface area contributed by atoms with Gasteiger partial charge < -0.3 is 15.0 Å². The van der Waals surface area contributed by atoms with E-state index in [1.807, 2.05) is 4.90 Å². The number of piperidine rings is 1. The summed E-state index contributed by atoms with van der Waals surface area (Å²) in [6.07, 6.45) is 9.06. The van der Waals surface area contributed by atoms with E-state index in [1.165, 1.54) is 37.7 Å². The van der Waals surface area contributed by atoms with E-state index in [0.29, 0.717) is 5.92 Å². The molecule has 2 aliphatic heterocycles. The number of likely N-dealkylation sites (tertiary alicyclic amines) is 1. The van der Waals surface area contributed by atoms with Gasteiger partial charge in [0, 0.05) is 31.7 Å². The molecule has 4 heteroatoms. The molecule has 2 amide bonds. The monoisotopic (exact) mass is 342 g/mol. The number of amides is 2. The average Bonchev–Trinajstić information content (AvgIpc) is 3.11. The van der Waals surface area contributed by atoms with Crippen LogP contribution in [0.5, 0.6) is 0 Å². The minimum absolute atomic E-state index is 0.0776. The Kier molecular flexibility index (Phi) is 4.98. The molecule has 1 saturated carbocycles. The molecule has 1 spiro atoms. The number of nitrogens with zero attached hydrogens (tertiary/aromatic N) is 1. The molecule has 25 heavy (non-hydrogen) atoms. The van der Waals surface area contributed by atoms with E-state index in [9.17, 15) is 4.79 Å². The number of hydrogen-bond acceptors (Lipinski definition) is 2. The van der Waals surface area contributed by atoms with Gasteiger partial charge in [-0.3, -0.25) is 0 Å². The van der Waals surface area contributed by atoms with Gasteiger partial charge in [-0.25, -0.2) is 4.79 Å². The fourth-order valence-electron chi connectivity index (χ4n) is 4.92. The van der Waals surface area contributed by atoms with Crippen molar-refractivity contribution in [3.05, 3.63) is 35.9 Å². The zero-order chi connectivity index (χ0) is 17.1. The Morgan fingerprint density at radius 3 is 2.52 bits per heavy atom. The lowest BCUT2D eigenvalue weighted by Crippen LogP contribution is -2.52. The summed E-state index contributed by atoms with van der Waals surface area (Å²) >= 11 is 0. The maximum absolute atomic E-state index is 12.8. The Hall–Kier alpha value is -1.55. The zero-order valence-corrected chi connectivity index (χ0v) is 15.1. The molecular formula is C21H30N2O2. The van der Waals surface area contributed by atoms with Gasteiger partial charge in [0.25, 0.3) is 0 Å². The second kappa shape index (κ2) is 7.36. The van der Waals surface area contributed by atoms with Gasteiger partial charge in [-0.15, -0.1) is 0 Å². The Labute approximate surface area is 150 Å². The van der Waals surface area contributed by atoms with E-state index in [0.717, 1.165) is 39.0 Å². The molecule has 1 N–H and O–H groups in total. The molecule has 136 valence electrons. The number of hydrogen-bond donors (Lipinski definition) is 1. The predicted octanol–water partition coefficient (Wildman–Crippen LogP) is 4.07. The van der Waals surface area contributed by atoms with Gasteiger partial charge in [0.2, 0.25) is 0 Å². The second-order valence-corrected chi connectivity index (χ2v) is 7.98. The number of benzene rings is 1. The van der Waals surface area contributed by atoms with Crippen molar-refractivity contribution in [2.75, 3.05) is 19.7 Å². The molecule has 0 aromatic heterocycles. The third-order valence-corrected chi connectivity index (χ3v) is 6.45. The first-order valence-corrected chi connectivity index (χ1v) is 10.0. The van der Waals surface area contributed by atoms with Gasteiger partial charge in [-0.2, -0.15) is 0 Å². The summed E-state index contributed by atoms with van der Waals surface area (Å²) in [5, 5.41) is 3.36. The van der Waals surface area contributed by atoms with Crippen LogP contribution in [0.25, 0.3) is 0 Å². The van der Waals surface area contributed by atoms with Crippen molar-refractivity contribution in [1.29, 1.82) is 0 Å². The molecule has 1 aromatic rings. The summed E-state index contributed by atoms with van der Waals surface area (Å²) in [5.74, 6) is 0.452. The fourth-order valence-corrected chi connectivity index (χ4v) is 4.92. The lowest BCUT2D eigenvalue weighted by atomic mass is 9.80. The van der Waals surface area contributed by atoms with Crippen LogP contribution in [0.3, 0.4) is 0 Å². The normalized spacial score (nSPS) is 28.9. The van der Waals surface area contributed by atoms with Gasteiger partial charge in [0.05, 0.1) is 5.60 Å². The molecule has 2 heterocycles. The summed E-state index contributed by atoms with van der Waals surface area (Å²) in [7, 11) is 0. The summed E-state index contributed by atoms with van der Waals surface area (Å²) < 4.78 is 5.98. The number of carbonyl (C=O) groups is 1. The van der Waals surface area contributed by atoms with Crippen LogP contribution in [0.2, 0.25) is 0 Å². The van der Waals surface area contributed by atoms with Crippen LogP contribution in [0.15, 0.2) is 30.3 Å². The zero-order valence-electron chi connectivity index (χ0n) is 15.1. The van der Waals surface area contributed by atoms with E-state index in [-0.39, 0.29) is 17.7 Å². The van der Waals surface area contributed by atoms with E-state index >= 15 is 0 Å². The first-order valence-electron chi connectivity index (χ1n) is 10.0. The fraction of sp³-hybridized carbons (Fsp3) is 0.667. The van der Waals surface area contributed by atoms with Gasteiger partial charge >= 0.3 is 6.03 Å². The maximum atomic E-state index is 12.8. The lowest BCUT2D eigenvalue weighted by molar-refractivity contribution is -0.0363. The van der Waals surface area contributed by atoms with Crippen molar-refractivity contribution >= 4 is 6.03 Å². The first-order chi connectivity index (χ1) is 12.3. The van der Waals surface area contributed by atoms with Crippen LogP contribution >= 0.6 is 0 Å². The van der Waals surface area contributed by atoms with Gasteiger partial charge in [-0.1, -0.05) is 43.2 Å². The highest BCUT2D eigenvalue weighted by atomic mass is 16.5. The van der Waals surface area contributed by atoms with Crippen LogP contribution in [0, 0.1) is 0 Å². The van der Waals surface area contributed by atoms with Gasteiger partial charge in [0.15, 0.2) is 0 Å². The molecule has 4 rings (SSSR count). The molecule has 1 aromatic carbocycles. The Morgan fingerprint density at radius 1 is 1.04 bits per heavy atom. The van der Waals surface area contributed by atoms with Crippen LogP contribution < -0.4 is 5.32 Å². The smallest absolute Gasteiger partial charge is 0.317 e. The molecule has 2 atom stereocenters. The Bertz CT molecular complexity index is 573. The molecule has 3 aliphatic rings. The first kappa shape index (κ1) is 16.9. The lowest BCUT2D eigenvalue weighted by Gasteiger charge is -2.40. The molecule has 2 saturated heterocycles. The third kappa shape index (κ3) is 3.69. The largest absolute Gasteiger partial charge is 0.375 e. The molecule has 1 aliphatic carbocycles. The quantitative estimate of drug-likeness (QED) is 0.880. The summed E-state index contributed by atoms with van der Waals surface area (Å²) in [4.78, 5) is 14.8. The van der Waals surface area contributed by atoms with Crippen molar-refractivity contribution in [3.63, 3.8) is 0 Å². The van der Waals surface area contributed by atoms with Crippen molar-refractivity contribution in [1.82, 2.24) is 10.2 Å². The SMILES string of the molecule is O=C(N[C@@H]1CCCC[C@H]1c1ccccc1)N1CCC2(CCCO2)CC1. The number of carbonyl (C=O) groups excluding carboxylic acids is 1. The van der Waals surface area contributed by atoms with Gasteiger partial charge in [-0.05, 0) is 44.1 Å². The minimum atomic E-state index is 0.0776. The molecule has 4 nitrogen and oxygen atoms in total. The predicted molar refractivity (Wildman–Crippen MR) is 98.7 cm³/mol. The minimum Gasteiger partial charge on any atom is -0.375 e. The Balaban J connectivity index is 1.36. The number of urea groups is 1. The van der Waals surface area contributed by atoms with E-state index in [1.54, 1.807) is 0 Å². The summed E-state index contributed by atoms with van der Waals surface area (Å²) in [6.45, 7) is 2.55. The van der Waals surface area contributed by atoms with Crippen molar-refractivity contribution in [3.8, 4) is 0 Å². The highest BCUT2D eigenvalue weighted by Gasteiger charge is 2.40. The molecular weight excluding hydrogens is 312 g/mol. The van der Waals surface area contributed by atoms with Crippen LogP contribution in [0.4, 0.5) is 4.79 Å². The third-order valence-electron chi connectivity index (χ3n) is 6.45. The summed E-state index contributed by atoms with van der Waals surface area (Å²) in [5.41, 5.74) is 1.44. The topological polar surface area (TPSA) is 41.6 Å². The number of rotatable bonds is 2. The molecule has 0 radical (unpaired) electrons. The van der Waals surface area contributed by atoms with E-state index in [4.69, 9.17) is 4.74 Å². The van der Waals surface area contributed by atoms with Crippen LogP contribution in [0.1, 0.15) is 62.8 Å². The second-order valence-electron chi connectivity index (χ2n) is 7.98. The van der Waals surface area contributed by atoms with Crippen LogP contribution in [-0.2, 0) is 4.74 Å². The van der Waals surface area contributed by atoms with Crippen LogP contribution in [-0.4, -0.2) is 42.3 Å². The van der Waals surface area contributed by atoms with Crippen molar-refractivity contribution < 1.29 is 9.53 Å². The molecule has 3 fully saturated rings. The standard InChI is InChI=1S/C21H30N2O2/c24-20(23-14-12-21(13-15-23)11-6-16-25-21)22-19-10-5-4-9-18(19)17-7-2-1-3-8-17/h1-3,7-8,18-19H,4-6,9-16H2,(H,22,24)/t18-,19+/m0/s1. The highest BCUT2D eigenvalue weighted by molar-refractivity contribution is 5.74. The van der Waals surface area contributed by atoms with Gasteiger partial charge in [0.1, 0.15) is 0 Å².